The Bertz CT molecular complexity index is 646. The van der Waals surface area contributed by atoms with E-state index < -0.39 is 0 Å². The highest BCUT2D eigenvalue weighted by Crippen LogP contribution is 2.32. The van der Waals surface area contributed by atoms with Gasteiger partial charge in [-0.25, -0.2) is 4.79 Å². The van der Waals surface area contributed by atoms with Crippen molar-refractivity contribution in [1.82, 2.24) is 9.88 Å². The first-order valence-electron chi connectivity index (χ1n) is 6.53. The number of carbonyl (C=O) groups excluding carboxylic acids is 1. The second kappa shape index (κ2) is 5.70. The lowest BCUT2D eigenvalue weighted by atomic mass is 10.2. The summed E-state index contributed by atoms with van der Waals surface area (Å²) in [6, 6.07) is 9.02. The lowest BCUT2D eigenvalue weighted by Crippen LogP contribution is -2.30. The fourth-order valence-corrected chi connectivity index (χ4v) is 2.04. The summed E-state index contributed by atoms with van der Waals surface area (Å²) >= 11 is 0. The average Bonchev–Trinajstić information content (AvgIpc) is 2.95. The zero-order chi connectivity index (χ0) is 14.7. The number of nitrogens with zero attached hydrogens (tertiary/aromatic N) is 2. The number of rotatable bonds is 3. The second-order valence-corrected chi connectivity index (χ2v) is 4.72. The number of pyridine rings is 1. The molecule has 1 aromatic carbocycles. The number of carbonyl (C=O) groups is 1. The van der Waals surface area contributed by atoms with Crippen LogP contribution >= 0.6 is 0 Å². The van der Waals surface area contributed by atoms with Gasteiger partial charge in [0.05, 0.1) is 11.9 Å². The fraction of sp³-hybridized carbons (Fsp3) is 0.200. The Morgan fingerprint density at radius 2 is 2.19 bits per heavy atom. The third kappa shape index (κ3) is 3.05. The number of nitrogens with one attached hydrogen (secondary N) is 1. The highest BCUT2D eigenvalue weighted by atomic mass is 16.7. The molecule has 21 heavy (non-hydrogen) atoms. The minimum atomic E-state index is -0.194. The molecule has 2 aromatic rings. The summed E-state index contributed by atoms with van der Waals surface area (Å²) in [5.74, 6) is 1.45. The van der Waals surface area contributed by atoms with Crippen LogP contribution in [-0.2, 0) is 6.54 Å². The monoisotopic (exact) mass is 285 g/mol. The molecule has 2 heterocycles. The molecule has 0 atom stereocenters. The molecule has 108 valence electrons. The van der Waals surface area contributed by atoms with Crippen molar-refractivity contribution in [3.63, 3.8) is 0 Å². The summed E-state index contributed by atoms with van der Waals surface area (Å²) in [7, 11) is 1.73. The van der Waals surface area contributed by atoms with Gasteiger partial charge in [0, 0.05) is 19.8 Å². The van der Waals surface area contributed by atoms with Gasteiger partial charge < -0.3 is 19.7 Å². The fourth-order valence-electron chi connectivity index (χ4n) is 2.04. The molecule has 1 aliphatic heterocycles. The Morgan fingerprint density at radius 3 is 3.00 bits per heavy atom. The quantitative estimate of drug-likeness (QED) is 0.941. The molecule has 3 rings (SSSR count). The van der Waals surface area contributed by atoms with Gasteiger partial charge in [-0.05, 0) is 29.8 Å². The topological polar surface area (TPSA) is 63.7 Å². The number of urea groups is 1. The summed E-state index contributed by atoms with van der Waals surface area (Å²) in [6.45, 7) is 0.721. The van der Waals surface area contributed by atoms with Crippen LogP contribution in [0.4, 0.5) is 10.5 Å². The number of hydrogen-bond donors (Lipinski definition) is 1. The zero-order valence-electron chi connectivity index (χ0n) is 11.6. The normalized spacial score (nSPS) is 12.0. The van der Waals surface area contributed by atoms with Gasteiger partial charge in [-0.1, -0.05) is 6.07 Å². The van der Waals surface area contributed by atoms with E-state index in [9.17, 15) is 4.79 Å². The number of anilines is 1. The van der Waals surface area contributed by atoms with Crippen LogP contribution in [0, 0.1) is 0 Å². The van der Waals surface area contributed by atoms with Crippen molar-refractivity contribution in [2.75, 3.05) is 19.2 Å². The zero-order valence-corrected chi connectivity index (χ0v) is 11.6. The Balaban J connectivity index is 1.63. The Labute approximate surface area is 122 Å². The van der Waals surface area contributed by atoms with Gasteiger partial charge in [0.2, 0.25) is 6.79 Å². The van der Waals surface area contributed by atoms with Crippen molar-refractivity contribution in [2.45, 2.75) is 6.54 Å². The van der Waals surface area contributed by atoms with E-state index in [1.54, 1.807) is 36.5 Å². The van der Waals surface area contributed by atoms with Crippen LogP contribution in [0.1, 0.15) is 5.56 Å². The molecule has 0 spiro atoms. The van der Waals surface area contributed by atoms with E-state index in [0.717, 1.165) is 11.3 Å². The van der Waals surface area contributed by atoms with Crippen molar-refractivity contribution in [1.29, 1.82) is 0 Å². The van der Waals surface area contributed by atoms with Crippen LogP contribution in [0.3, 0.4) is 0 Å². The molecule has 0 unspecified atom stereocenters. The van der Waals surface area contributed by atoms with E-state index in [4.69, 9.17) is 9.47 Å². The van der Waals surface area contributed by atoms with Crippen LogP contribution in [0.2, 0.25) is 0 Å². The van der Waals surface area contributed by atoms with Crippen molar-refractivity contribution >= 4 is 11.7 Å². The highest BCUT2D eigenvalue weighted by molar-refractivity contribution is 5.88. The Hall–Kier alpha value is -2.76. The molecule has 2 amide bonds. The first kappa shape index (κ1) is 13.2. The SMILES string of the molecule is CN(Cc1ccc2c(c1)OCO2)C(=O)Nc1cccnc1. The number of ether oxygens (including phenoxy) is 2. The average molecular weight is 285 g/mol. The second-order valence-electron chi connectivity index (χ2n) is 4.72. The van der Waals surface area contributed by atoms with Crippen molar-refractivity contribution < 1.29 is 14.3 Å². The van der Waals surface area contributed by atoms with Crippen LogP contribution in [-0.4, -0.2) is 29.8 Å². The molecule has 6 nitrogen and oxygen atoms in total. The van der Waals surface area contributed by atoms with Crippen LogP contribution in [0.5, 0.6) is 11.5 Å². The summed E-state index contributed by atoms with van der Waals surface area (Å²) in [6.07, 6.45) is 3.26. The molecule has 0 bridgehead atoms. The molecule has 6 heteroatoms. The van der Waals surface area contributed by atoms with Gasteiger partial charge in [-0.3, -0.25) is 4.98 Å². The van der Waals surface area contributed by atoms with Gasteiger partial charge in [0.25, 0.3) is 0 Å². The Kier molecular flexibility index (Phi) is 3.59. The van der Waals surface area contributed by atoms with Gasteiger partial charge >= 0.3 is 6.03 Å². The third-order valence-corrected chi connectivity index (χ3v) is 3.12. The predicted octanol–water partition coefficient (Wildman–Crippen LogP) is 2.47. The molecule has 0 saturated heterocycles. The van der Waals surface area contributed by atoms with Gasteiger partial charge in [-0.2, -0.15) is 0 Å². The molecule has 0 radical (unpaired) electrons. The van der Waals surface area contributed by atoms with E-state index >= 15 is 0 Å². The van der Waals surface area contributed by atoms with Crippen molar-refractivity contribution in [3.8, 4) is 11.5 Å². The molecule has 1 aliphatic rings. The van der Waals surface area contributed by atoms with Crippen LogP contribution < -0.4 is 14.8 Å². The maximum atomic E-state index is 12.1. The summed E-state index contributed by atoms with van der Waals surface area (Å²) < 4.78 is 10.6. The van der Waals surface area contributed by atoms with Gasteiger partial charge in [0.15, 0.2) is 11.5 Å². The van der Waals surface area contributed by atoms with Crippen molar-refractivity contribution in [2.24, 2.45) is 0 Å². The largest absolute Gasteiger partial charge is 0.454 e. The minimum Gasteiger partial charge on any atom is -0.454 e. The maximum Gasteiger partial charge on any atom is 0.321 e. The number of aromatic nitrogens is 1. The smallest absolute Gasteiger partial charge is 0.321 e. The van der Waals surface area contributed by atoms with Gasteiger partial charge in [0.1, 0.15) is 0 Å². The molecule has 1 aromatic heterocycles. The first-order valence-corrected chi connectivity index (χ1v) is 6.53. The number of hydrogen-bond acceptors (Lipinski definition) is 4. The minimum absolute atomic E-state index is 0.194. The Morgan fingerprint density at radius 1 is 1.33 bits per heavy atom. The molecule has 0 fully saturated rings. The highest BCUT2D eigenvalue weighted by Gasteiger charge is 2.15. The summed E-state index contributed by atoms with van der Waals surface area (Å²) in [5.41, 5.74) is 1.64. The molecule has 1 N–H and O–H groups in total. The van der Waals surface area contributed by atoms with E-state index in [2.05, 4.69) is 10.3 Å². The van der Waals surface area contributed by atoms with E-state index in [1.165, 1.54) is 0 Å². The molecular formula is C15H15N3O3. The van der Waals surface area contributed by atoms with E-state index in [-0.39, 0.29) is 12.8 Å². The van der Waals surface area contributed by atoms with E-state index in [1.807, 2.05) is 18.2 Å². The van der Waals surface area contributed by atoms with Crippen LogP contribution in [0.15, 0.2) is 42.7 Å². The standard InChI is InChI=1S/C15H15N3O3/c1-18(15(19)17-12-3-2-6-16-8-12)9-11-4-5-13-14(7-11)21-10-20-13/h2-8H,9-10H2,1H3,(H,17,19). The molecule has 0 saturated carbocycles. The van der Waals surface area contributed by atoms with Gasteiger partial charge in [-0.15, -0.1) is 0 Å². The summed E-state index contributed by atoms with van der Waals surface area (Å²) in [5, 5.41) is 2.78. The van der Waals surface area contributed by atoms with Crippen molar-refractivity contribution in [3.05, 3.63) is 48.3 Å². The number of amides is 2. The summed E-state index contributed by atoms with van der Waals surface area (Å²) in [4.78, 5) is 17.6. The molecular weight excluding hydrogens is 270 g/mol. The number of benzene rings is 1. The lowest BCUT2D eigenvalue weighted by Gasteiger charge is -2.18. The van der Waals surface area contributed by atoms with Crippen LogP contribution in [0.25, 0.3) is 0 Å². The number of fused-ring (bicyclic) bond motifs is 1. The van der Waals surface area contributed by atoms with E-state index in [0.29, 0.717) is 18.0 Å². The maximum absolute atomic E-state index is 12.1. The molecule has 0 aliphatic carbocycles. The third-order valence-electron chi connectivity index (χ3n) is 3.12. The first-order chi connectivity index (χ1) is 10.2. The lowest BCUT2D eigenvalue weighted by molar-refractivity contribution is 0.174. The predicted molar refractivity (Wildman–Crippen MR) is 77.3 cm³/mol.